The first-order valence-corrected chi connectivity index (χ1v) is 9.31. The van der Waals surface area contributed by atoms with Gasteiger partial charge in [0, 0.05) is 17.2 Å². The average molecular weight is 329 g/mol. The Hall–Kier alpha value is -1.68. The van der Waals surface area contributed by atoms with E-state index in [1.807, 2.05) is 19.1 Å². The van der Waals surface area contributed by atoms with E-state index in [2.05, 4.69) is 5.32 Å². The maximum Gasteiger partial charge on any atom is 0.282 e. The van der Waals surface area contributed by atoms with Crippen LogP contribution in [0.1, 0.15) is 56.3 Å². The Kier molecular flexibility index (Phi) is 5.34. The van der Waals surface area contributed by atoms with Gasteiger partial charge >= 0.3 is 0 Å². The molecule has 4 atom stereocenters. The zero-order valence-corrected chi connectivity index (χ0v) is 14.8. The van der Waals surface area contributed by atoms with E-state index in [9.17, 15) is 9.59 Å². The summed E-state index contributed by atoms with van der Waals surface area (Å²) in [6.45, 7) is 5.84. The molecule has 1 amide bonds. The van der Waals surface area contributed by atoms with Crippen molar-refractivity contribution in [3.8, 4) is 0 Å². The van der Waals surface area contributed by atoms with Crippen LogP contribution in [0.5, 0.6) is 0 Å². The third kappa shape index (κ3) is 3.86. The number of fused-ring (bicyclic) bond motifs is 1. The Morgan fingerprint density at radius 3 is 2.42 bits per heavy atom. The Balaban J connectivity index is 1.57. The summed E-state index contributed by atoms with van der Waals surface area (Å²) in [4.78, 5) is 25.3. The summed E-state index contributed by atoms with van der Waals surface area (Å²) in [5, 5.41) is 3.01. The van der Waals surface area contributed by atoms with E-state index in [1.165, 1.54) is 37.0 Å². The van der Waals surface area contributed by atoms with E-state index in [0.29, 0.717) is 5.56 Å². The van der Waals surface area contributed by atoms with Gasteiger partial charge in [0.05, 0.1) is 13.1 Å². The summed E-state index contributed by atoms with van der Waals surface area (Å²) < 4.78 is 0. The summed E-state index contributed by atoms with van der Waals surface area (Å²) in [5.41, 5.74) is 1.44. The van der Waals surface area contributed by atoms with E-state index in [4.69, 9.17) is 0 Å². The smallest absolute Gasteiger partial charge is 0.282 e. The lowest BCUT2D eigenvalue weighted by Crippen LogP contribution is -3.18. The summed E-state index contributed by atoms with van der Waals surface area (Å²) >= 11 is 0. The van der Waals surface area contributed by atoms with Crippen LogP contribution in [0, 0.1) is 11.8 Å². The predicted octanol–water partition coefficient (Wildman–Crippen LogP) is 2.31. The van der Waals surface area contributed by atoms with Crippen LogP contribution in [-0.4, -0.2) is 30.8 Å². The number of carbonyl (C=O) groups is 2. The molecule has 1 saturated heterocycles. The van der Waals surface area contributed by atoms with Crippen LogP contribution in [0.25, 0.3) is 0 Å². The Morgan fingerprint density at radius 2 is 1.75 bits per heavy atom. The van der Waals surface area contributed by atoms with Gasteiger partial charge in [-0.1, -0.05) is 12.8 Å². The van der Waals surface area contributed by atoms with Crippen molar-refractivity contribution >= 4 is 17.4 Å². The van der Waals surface area contributed by atoms with Crippen LogP contribution in [0.3, 0.4) is 0 Å². The van der Waals surface area contributed by atoms with Crippen molar-refractivity contribution in [1.82, 2.24) is 0 Å². The van der Waals surface area contributed by atoms with Gasteiger partial charge < -0.3 is 10.2 Å². The van der Waals surface area contributed by atoms with Crippen molar-refractivity contribution in [3.63, 3.8) is 0 Å². The molecular formula is C20H29N2O2+. The molecule has 0 radical (unpaired) electrons. The Bertz CT molecular complexity index is 596. The highest BCUT2D eigenvalue weighted by Crippen LogP contribution is 2.32. The zero-order chi connectivity index (χ0) is 17.1. The molecule has 2 aliphatic rings. The predicted molar refractivity (Wildman–Crippen MR) is 95.3 cm³/mol. The van der Waals surface area contributed by atoms with Gasteiger partial charge in [0.2, 0.25) is 0 Å². The third-order valence-electron chi connectivity index (χ3n) is 5.99. The number of benzene rings is 1. The fraction of sp³-hybridized carbons (Fsp3) is 0.600. The van der Waals surface area contributed by atoms with Crippen LogP contribution >= 0.6 is 0 Å². The van der Waals surface area contributed by atoms with E-state index < -0.39 is 0 Å². The number of likely N-dealkylation sites (tertiary alicyclic amines) is 1. The largest absolute Gasteiger partial charge is 0.325 e. The van der Waals surface area contributed by atoms with Crippen molar-refractivity contribution in [3.05, 3.63) is 29.8 Å². The molecule has 2 fully saturated rings. The number of piperidine rings is 1. The van der Waals surface area contributed by atoms with Crippen molar-refractivity contribution in [2.45, 2.75) is 52.0 Å². The molecule has 1 aliphatic carbocycles. The van der Waals surface area contributed by atoms with Crippen molar-refractivity contribution in [1.29, 1.82) is 0 Å². The molecule has 0 spiro atoms. The lowest BCUT2D eigenvalue weighted by atomic mass is 9.75. The normalized spacial score (nSPS) is 27.8. The molecule has 0 aromatic heterocycles. The highest BCUT2D eigenvalue weighted by Gasteiger charge is 2.37. The number of hydrogen-bond acceptors (Lipinski definition) is 2. The zero-order valence-electron chi connectivity index (χ0n) is 14.8. The van der Waals surface area contributed by atoms with E-state index in [1.54, 1.807) is 19.1 Å². The first-order valence-electron chi connectivity index (χ1n) is 9.31. The number of anilines is 1. The standard InChI is InChI=1S/C20H28N2O2/c1-14(22-12-11-17-5-3-4-6-18(17)13-22)20(24)21-19-9-7-16(8-10-19)15(2)23/h7-10,14,17-18H,3-6,11-13H2,1-2H3,(H,21,24)/p+1/t14-,17+,18-/m1/s1. The number of Topliss-reactive ketones (excluding diaryl/α,β-unsaturated/α-hetero) is 1. The minimum Gasteiger partial charge on any atom is -0.325 e. The molecule has 1 unspecified atom stereocenters. The quantitative estimate of drug-likeness (QED) is 0.833. The highest BCUT2D eigenvalue weighted by molar-refractivity contribution is 5.96. The SMILES string of the molecule is CC(=O)c1ccc(NC(=O)[C@@H](C)[NH+]2CC[C@@H]3CCCC[C@@H]3C2)cc1. The molecule has 4 nitrogen and oxygen atoms in total. The molecule has 1 aromatic rings. The summed E-state index contributed by atoms with van der Waals surface area (Å²) in [6, 6.07) is 7.13. The minimum atomic E-state index is -0.0274. The van der Waals surface area contributed by atoms with Gasteiger partial charge in [-0.15, -0.1) is 0 Å². The first-order chi connectivity index (χ1) is 11.5. The molecule has 1 saturated carbocycles. The van der Waals surface area contributed by atoms with Gasteiger partial charge in [0.1, 0.15) is 0 Å². The number of rotatable bonds is 4. The lowest BCUT2D eigenvalue weighted by molar-refractivity contribution is -0.924. The van der Waals surface area contributed by atoms with Gasteiger partial charge in [0.25, 0.3) is 5.91 Å². The van der Waals surface area contributed by atoms with Gasteiger partial charge in [-0.3, -0.25) is 9.59 Å². The van der Waals surface area contributed by atoms with Crippen molar-refractivity contribution < 1.29 is 14.5 Å². The van der Waals surface area contributed by atoms with Crippen LogP contribution < -0.4 is 10.2 Å². The topological polar surface area (TPSA) is 50.6 Å². The maximum absolute atomic E-state index is 12.6. The molecule has 1 aromatic carbocycles. The molecule has 2 N–H and O–H groups in total. The number of nitrogens with one attached hydrogen (secondary N) is 2. The van der Waals surface area contributed by atoms with Crippen LogP contribution in [-0.2, 0) is 4.79 Å². The number of quaternary nitrogens is 1. The monoisotopic (exact) mass is 329 g/mol. The van der Waals surface area contributed by atoms with Crippen LogP contribution in [0.2, 0.25) is 0 Å². The Labute approximate surface area is 144 Å². The second-order valence-corrected chi connectivity index (χ2v) is 7.55. The summed E-state index contributed by atoms with van der Waals surface area (Å²) in [5.74, 6) is 1.83. The van der Waals surface area contributed by atoms with E-state index >= 15 is 0 Å². The number of carbonyl (C=O) groups excluding carboxylic acids is 2. The summed E-state index contributed by atoms with van der Waals surface area (Å²) in [6.07, 6.45) is 6.75. The second-order valence-electron chi connectivity index (χ2n) is 7.55. The van der Waals surface area contributed by atoms with Crippen LogP contribution in [0.15, 0.2) is 24.3 Å². The fourth-order valence-corrected chi connectivity index (χ4v) is 4.36. The number of ketones is 1. The van der Waals surface area contributed by atoms with Crippen LogP contribution in [0.4, 0.5) is 5.69 Å². The molecule has 3 rings (SSSR count). The van der Waals surface area contributed by atoms with E-state index in [-0.39, 0.29) is 17.7 Å². The van der Waals surface area contributed by atoms with Gasteiger partial charge in [-0.2, -0.15) is 0 Å². The van der Waals surface area contributed by atoms with Gasteiger partial charge in [-0.05, 0) is 63.3 Å². The van der Waals surface area contributed by atoms with Gasteiger partial charge in [-0.25, -0.2) is 0 Å². The number of hydrogen-bond donors (Lipinski definition) is 2. The fourth-order valence-electron chi connectivity index (χ4n) is 4.36. The van der Waals surface area contributed by atoms with Crippen molar-refractivity contribution in [2.24, 2.45) is 11.8 Å². The molecule has 1 aliphatic heterocycles. The lowest BCUT2D eigenvalue weighted by Gasteiger charge is -2.40. The molecular weight excluding hydrogens is 300 g/mol. The molecule has 4 heteroatoms. The number of amides is 1. The first kappa shape index (κ1) is 17.2. The molecule has 1 heterocycles. The van der Waals surface area contributed by atoms with Crippen molar-refractivity contribution in [2.75, 3.05) is 18.4 Å². The molecule has 24 heavy (non-hydrogen) atoms. The Morgan fingerprint density at radius 1 is 1.08 bits per heavy atom. The maximum atomic E-state index is 12.6. The average Bonchev–Trinajstić information content (AvgIpc) is 2.61. The highest BCUT2D eigenvalue weighted by atomic mass is 16.2. The molecule has 130 valence electrons. The summed E-state index contributed by atoms with van der Waals surface area (Å²) in [7, 11) is 0. The van der Waals surface area contributed by atoms with Gasteiger partial charge in [0.15, 0.2) is 11.8 Å². The minimum absolute atomic E-state index is 0.0274. The second kappa shape index (κ2) is 7.47. The molecule has 0 bridgehead atoms. The third-order valence-corrected chi connectivity index (χ3v) is 5.99. The van der Waals surface area contributed by atoms with E-state index in [0.717, 1.165) is 30.6 Å².